The number of hydrogen-bond donors (Lipinski definition) is 0. The summed E-state index contributed by atoms with van der Waals surface area (Å²) in [7, 11) is 0. The highest BCUT2D eigenvalue weighted by Gasteiger charge is 2.20. The minimum absolute atomic E-state index is 0.376. The highest BCUT2D eigenvalue weighted by Crippen LogP contribution is 2.20. The van der Waals surface area contributed by atoms with Crippen molar-refractivity contribution >= 4 is 5.91 Å². The van der Waals surface area contributed by atoms with Crippen molar-refractivity contribution in [2.75, 3.05) is 13.1 Å². The van der Waals surface area contributed by atoms with Crippen molar-refractivity contribution in [2.45, 2.75) is 52.4 Å². The molecule has 82 valence electrons. The number of carbonyl (C=O) groups is 1. The van der Waals surface area contributed by atoms with Gasteiger partial charge in [-0.05, 0) is 25.2 Å². The quantitative estimate of drug-likeness (QED) is 0.678. The standard InChI is InChI=1S/C12H23NO/c1-3-5-6-12(14)13-9-7-11(4-2)8-10-13/h11H,3-10H2,1-2H3. The SMILES string of the molecule is CCCCC(=O)N1CCC(CC)CC1. The first-order chi connectivity index (χ1) is 6.77. The third-order valence-corrected chi connectivity index (χ3v) is 3.29. The van der Waals surface area contributed by atoms with Gasteiger partial charge in [-0.25, -0.2) is 0 Å². The molecule has 0 aromatic rings. The molecule has 0 radical (unpaired) electrons. The molecule has 0 saturated carbocycles. The molecule has 2 heteroatoms. The minimum atomic E-state index is 0.376. The summed E-state index contributed by atoms with van der Waals surface area (Å²) in [4.78, 5) is 13.7. The van der Waals surface area contributed by atoms with Gasteiger partial charge in [0.2, 0.25) is 5.91 Å². The van der Waals surface area contributed by atoms with E-state index in [1.807, 2.05) is 0 Å². The fraction of sp³-hybridized carbons (Fsp3) is 0.917. The number of carbonyl (C=O) groups excluding carboxylic acids is 1. The van der Waals surface area contributed by atoms with Crippen molar-refractivity contribution in [1.82, 2.24) is 4.90 Å². The zero-order chi connectivity index (χ0) is 10.4. The maximum Gasteiger partial charge on any atom is 0.222 e. The summed E-state index contributed by atoms with van der Waals surface area (Å²) in [6.45, 7) is 6.39. The number of hydrogen-bond acceptors (Lipinski definition) is 1. The van der Waals surface area contributed by atoms with Gasteiger partial charge in [0.25, 0.3) is 0 Å². The number of piperidine rings is 1. The van der Waals surface area contributed by atoms with Crippen LogP contribution in [0.25, 0.3) is 0 Å². The summed E-state index contributed by atoms with van der Waals surface area (Å²) in [6, 6.07) is 0. The molecular weight excluding hydrogens is 174 g/mol. The van der Waals surface area contributed by atoms with Gasteiger partial charge < -0.3 is 4.90 Å². The van der Waals surface area contributed by atoms with Crippen LogP contribution in [0.5, 0.6) is 0 Å². The zero-order valence-corrected chi connectivity index (χ0v) is 9.59. The van der Waals surface area contributed by atoms with Crippen LogP contribution in [0.4, 0.5) is 0 Å². The van der Waals surface area contributed by atoms with Gasteiger partial charge in [-0.3, -0.25) is 4.79 Å². The number of unbranched alkanes of at least 4 members (excludes halogenated alkanes) is 1. The molecule has 0 bridgehead atoms. The Kier molecular flexibility index (Phi) is 4.99. The van der Waals surface area contributed by atoms with Crippen LogP contribution in [-0.2, 0) is 4.79 Å². The van der Waals surface area contributed by atoms with Crippen LogP contribution in [0, 0.1) is 5.92 Å². The number of rotatable bonds is 4. The van der Waals surface area contributed by atoms with Crippen LogP contribution in [0.2, 0.25) is 0 Å². The Balaban J connectivity index is 2.23. The number of amides is 1. The second kappa shape index (κ2) is 6.05. The summed E-state index contributed by atoms with van der Waals surface area (Å²) >= 11 is 0. The Labute approximate surface area is 87.7 Å². The largest absolute Gasteiger partial charge is 0.343 e. The summed E-state index contributed by atoms with van der Waals surface area (Å²) in [5.74, 6) is 1.24. The molecule has 1 fully saturated rings. The molecule has 1 rings (SSSR count). The van der Waals surface area contributed by atoms with Gasteiger partial charge in [0.1, 0.15) is 0 Å². The van der Waals surface area contributed by atoms with E-state index in [2.05, 4.69) is 18.7 Å². The molecular formula is C12H23NO. The normalized spacial score (nSPS) is 18.6. The fourth-order valence-corrected chi connectivity index (χ4v) is 2.08. The summed E-state index contributed by atoms with van der Waals surface area (Å²) < 4.78 is 0. The molecule has 1 aliphatic heterocycles. The van der Waals surface area contributed by atoms with E-state index in [9.17, 15) is 4.79 Å². The maximum absolute atomic E-state index is 11.7. The summed E-state index contributed by atoms with van der Waals surface area (Å²) in [5, 5.41) is 0. The lowest BCUT2D eigenvalue weighted by Gasteiger charge is -2.31. The fourth-order valence-electron chi connectivity index (χ4n) is 2.08. The average Bonchev–Trinajstić information content (AvgIpc) is 2.26. The zero-order valence-electron chi connectivity index (χ0n) is 9.59. The van der Waals surface area contributed by atoms with Gasteiger partial charge in [-0.1, -0.05) is 26.7 Å². The van der Waals surface area contributed by atoms with Gasteiger partial charge in [0, 0.05) is 19.5 Å². The first-order valence-electron chi connectivity index (χ1n) is 6.05. The second-order valence-electron chi connectivity index (χ2n) is 4.34. The lowest BCUT2D eigenvalue weighted by molar-refractivity contribution is -0.132. The lowest BCUT2D eigenvalue weighted by Crippen LogP contribution is -2.38. The summed E-state index contributed by atoms with van der Waals surface area (Å²) in [5.41, 5.74) is 0. The molecule has 0 unspecified atom stereocenters. The van der Waals surface area contributed by atoms with Crippen molar-refractivity contribution in [1.29, 1.82) is 0 Å². The van der Waals surface area contributed by atoms with E-state index in [1.165, 1.54) is 19.3 Å². The molecule has 0 atom stereocenters. The van der Waals surface area contributed by atoms with Gasteiger partial charge in [-0.2, -0.15) is 0 Å². The Morgan fingerprint density at radius 1 is 1.29 bits per heavy atom. The van der Waals surface area contributed by atoms with Crippen molar-refractivity contribution in [3.8, 4) is 0 Å². The van der Waals surface area contributed by atoms with Crippen LogP contribution in [0.15, 0.2) is 0 Å². The van der Waals surface area contributed by atoms with E-state index in [0.717, 1.165) is 38.3 Å². The molecule has 2 nitrogen and oxygen atoms in total. The van der Waals surface area contributed by atoms with Gasteiger partial charge >= 0.3 is 0 Å². The van der Waals surface area contributed by atoms with Crippen LogP contribution >= 0.6 is 0 Å². The van der Waals surface area contributed by atoms with Crippen molar-refractivity contribution in [3.05, 3.63) is 0 Å². The average molecular weight is 197 g/mol. The lowest BCUT2D eigenvalue weighted by atomic mass is 9.94. The van der Waals surface area contributed by atoms with E-state index in [4.69, 9.17) is 0 Å². The highest BCUT2D eigenvalue weighted by atomic mass is 16.2. The van der Waals surface area contributed by atoms with Crippen molar-refractivity contribution < 1.29 is 4.79 Å². The van der Waals surface area contributed by atoms with E-state index in [-0.39, 0.29) is 0 Å². The maximum atomic E-state index is 11.7. The van der Waals surface area contributed by atoms with E-state index in [0.29, 0.717) is 5.91 Å². The predicted molar refractivity (Wildman–Crippen MR) is 59.1 cm³/mol. The molecule has 0 spiro atoms. The Hall–Kier alpha value is -0.530. The Bertz CT molecular complexity index is 171. The van der Waals surface area contributed by atoms with Crippen molar-refractivity contribution in [3.63, 3.8) is 0 Å². The van der Waals surface area contributed by atoms with E-state index >= 15 is 0 Å². The molecule has 1 heterocycles. The number of nitrogens with zero attached hydrogens (tertiary/aromatic N) is 1. The van der Waals surface area contributed by atoms with E-state index in [1.54, 1.807) is 0 Å². The predicted octanol–water partition coefficient (Wildman–Crippen LogP) is 2.83. The van der Waals surface area contributed by atoms with E-state index < -0.39 is 0 Å². The Morgan fingerprint density at radius 2 is 1.93 bits per heavy atom. The smallest absolute Gasteiger partial charge is 0.222 e. The molecule has 0 aromatic heterocycles. The van der Waals surface area contributed by atoms with Gasteiger partial charge in [0.05, 0.1) is 0 Å². The topological polar surface area (TPSA) is 20.3 Å². The molecule has 14 heavy (non-hydrogen) atoms. The van der Waals surface area contributed by atoms with Crippen LogP contribution < -0.4 is 0 Å². The monoisotopic (exact) mass is 197 g/mol. The van der Waals surface area contributed by atoms with Crippen molar-refractivity contribution in [2.24, 2.45) is 5.92 Å². The molecule has 1 saturated heterocycles. The van der Waals surface area contributed by atoms with Crippen LogP contribution in [-0.4, -0.2) is 23.9 Å². The number of likely N-dealkylation sites (tertiary alicyclic amines) is 1. The third kappa shape index (κ3) is 3.32. The second-order valence-corrected chi connectivity index (χ2v) is 4.34. The summed E-state index contributed by atoms with van der Waals surface area (Å²) in [6.07, 6.45) is 6.64. The molecule has 0 N–H and O–H groups in total. The minimum Gasteiger partial charge on any atom is -0.343 e. The molecule has 1 aliphatic rings. The molecule has 0 aromatic carbocycles. The molecule has 1 amide bonds. The first kappa shape index (κ1) is 11.5. The Morgan fingerprint density at radius 3 is 2.43 bits per heavy atom. The highest BCUT2D eigenvalue weighted by molar-refractivity contribution is 5.76. The molecule has 0 aliphatic carbocycles. The van der Waals surface area contributed by atoms with Gasteiger partial charge in [-0.15, -0.1) is 0 Å². The van der Waals surface area contributed by atoms with Gasteiger partial charge in [0.15, 0.2) is 0 Å². The van der Waals surface area contributed by atoms with Crippen LogP contribution in [0.3, 0.4) is 0 Å². The third-order valence-electron chi connectivity index (χ3n) is 3.29. The van der Waals surface area contributed by atoms with Crippen LogP contribution in [0.1, 0.15) is 52.4 Å². The first-order valence-corrected chi connectivity index (χ1v) is 6.05.